The molecular weight excluding hydrogens is 357 g/mol. The first-order valence-corrected chi connectivity index (χ1v) is 9.46. The second-order valence-corrected chi connectivity index (χ2v) is 6.89. The van der Waals surface area contributed by atoms with Crippen molar-refractivity contribution in [3.05, 3.63) is 65.7 Å². The number of methoxy groups -OCH3 is 1. The summed E-state index contributed by atoms with van der Waals surface area (Å²) in [5.74, 6) is 0.738. The Labute approximate surface area is 163 Å². The molecule has 1 aromatic heterocycles. The van der Waals surface area contributed by atoms with E-state index in [0.29, 0.717) is 28.5 Å². The van der Waals surface area contributed by atoms with Gasteiger partial charge in [0, 0.05) is 23.9 Å². The number of anilines is 1. The minimum Gasteiger partial charge on any atom is -0.497 e. The molecule has 0 bridgehead atoms. The minimum atomic E-state index is -0.314. The molecule has 1 amide bonds. The van der Waals surface area contributed by atoms with Gasteiger partial charge >= 0.3 is 0 Å². The highest BCUT2D eigenvalue weighted by molar-refractivity contribution is 6.04. The summed E-state index contributed by atoms with van der Waals surface area (Å²) in [5.41, 5.74) is 2.65. The first-order chi connectivity index (χ1) is 13.7. The third kappa shape index (κ3) is 3.63. The second kappa shape index (κ2) is 7.84. The molecule has 28 heavy (non-hydrogen) atoms. The van der Waals surface area contributed by atoms with Crippen LogP contribution in [0.5, 0.6) is 5.75 Å². The third-order valence-electron chi connectivity index (χ3n) is 4.99. The predicted molar refractivity (Wildman–Crippen MR) is 106 cm³/mol. The molecule has 0 radical (unpaired) electrons. The number of hydrogen-bond donors (Lipinski definition) is 1. The number of fused-ring (bicyclic) bond motifs is 1. The molecule has 2 aromatic carbocycles. The maximum atomic E-state index is 13.8. The molecule has 1 N–H and O–H groups in total. The molecule has 0 saturated heterocycles. The number of nitrogens with one attached hydrogen (secondary N) is 1. The molecule has 0 spiro atoms. The molecule has 5 nitrogen and oxygen atoms in total. The van der Waals surface area contributed by atoms with Crippen molar-refractivity contribution in [2.24, 2.45) is 0 Å². The van der Waals surface area contributed by atoms with Crippen molar-refractivity contribution in [2.45, 2.75) is 32.2 Å². The van der Waals surface area contributed by atoms with Crippen molar-refractivity contribution >= 4 is 11.6 Å². The zero-order valence-corrected chi connectivity index (χ0v) is 15.7. The van der Waals surface area contributed by atoms with Crippen molar-refractivity contribution in [2.75, 3.05) is 12.4 Å². The number of halogens is 1. The number of hydrogen-bond acceptors (Lipinski definition) is 3. The highest BCUT2D eigenvalue weighted by atomic mass is 19.1. The molecule has 144 valence electrons. The Balaban J connectivity index is 1.73. The standard InChI is InChI=1S/C22H22FN3O2/c1-28-18-10-6-9-17(14-18)24-22(27)20-19-11-3-2-4-12-26(19)21(25-20)15-7-5-8-16(23)13-15/h5-10,13-14H,2-4,11-12H2,1H3,(H,24,27). The number of aromatic nitrogens is 2. The second-order valence-electron chi connectivity index (χ2n) is 6.89. The molecule has 0 aliphatic carbocycles. The van der Waals surface area contributed by atoms with Crippen molar-refractivity contribution in [1.29, 1.82) is 0 Å². The van der Waals surface area contributed by atoms with Crippen LogP contribution in [0.1, 0.15) is 35.4 Å². The van der Waals surface area contributed by atoms with Crippen molar-refractivity contribution in [1.82, 2.24) is 9.55 Å². The van der Waals surface area contributed by atoms with Gasteiger partial charge in [0.15, 0.2) is 0 Å². The van der Waals surface area contributed by atoms with E-state index in [4.69, 9.17) is 4.74 Å². The van der Waals surface area contributed by atoms with E-state index in [9.17, 15) is 9.18 Å². The smallest absolute Gasteiger partial charge is 0.276 e. The van der Waals surface area contributed by atoms with Gasteiger partial charge in [-0.1, -0.05) is 24.6 Å². The largest absolute Gasteiger partial charge is 0.497 e. The molecule has 1 aliphatic rings. The number of carbonyl (C=O) groups is 1. The summed E-state index contributed by atoms with van der Waals surface area (Å²) in [5, 5.41) is 2.91. The summed E-state index contributed by atoms with van der Waals surface area (Å²) in [7, 11) is 1.58. The van der Waals surface area contributed by atoms with Gasteiger partial charge in [0.1, 0.15) is 23.1 Å². The fourth-order valence-corrected chi connectivity index (χ4v) is 3.64. The summed E-state index contributed by atoms with van der Waals surface area (Å²) >= 11 is 0. The summed E-state index contributed by atoms with van der Waals surface area (Å²) < 4.78 is 21.0. The van der Waals surface area contributed by atoms with E-state index in [1.54, 1.807) is 19.2 Å². The lowest BCUT2D eigenvalue weighted by atomic mass is 10.1. The molecule has 2 heterocycles. The number of amides is 1. The van der Waals surface area contributed by atoms with Crippen LogP contribution < -0.4 is 10.1 Å². The van der Waals surface area contributed by atoms with Crippen LogP contribution in [0.3, 0.4) is 0 Å². The first kappa shape index (κ1) is 18.2. The van der Waals surface area contributed by atoms with Crippen LogP contribution in [-0.4, -0.2) is 22.6 Å². The lowest BCUT2D eigenvalue weighted by molar-refractivity contribution is 0.102. The summed E-state index contributed by atoms with van der Waals surface area (Å²) in [6, 6.07) is 13.6. The van der Waals surface area contributed by atoms with Gasteiger partial charge in [-0.15, -0.1) is 0 Å². The Morgan fingerprint density at radius 1 is 1.14 bits per heavy atom. The highest BCUT2D eigenvalue weighted by Crippen LogP contribution is 2.28. The van der Waals surface area contributed by atoms with E-state index < -0.39 is 0 Å². The summed E-state index contributed by atoms with van der Waals surface area (Å²) in [6.07, 6.45) is 3.90. The molecule has 0 atom stereocenters. The van der Waals surface area contributed by atoms with Gasteiger partial charge in [-0.3, -0.25) is 4.79 Å². The monoisotopic (exact) mass is 379 g/mol. The quantitative estimate of drug-likeness (QED) is 0.716. The maximum absolute atomic E-state index is 13.8. The maximum Gasteiger partial charge on any atom is 0.276 e. The van der Waals surface area contributed by atoms with Crippen LogP contribution >= 0.6 is 0 Å². The number of nitrogens with zero attached hydrogens (tertiary/aromatic N) is 2. The van der Waals surface area contributed by atoms with E-state index in [1.807, 2.05) is 24.3 Å². The lowest BCUT2D eigenvalue weighted by Crippen LogP contribution is -2.15. The fourth-order valence-electron chi connectivity index (χ4n) is 3.64. The van der Waals surface area contributed by atoms with Crippen LogP contribution in [0.4, 0.5) is 10.1 Å². The molecular formula is C22H22FN3O2. The zero-order chi connectivity index (χ0) is 19.5. The van der Waals surface area contributed by atoms with Crippen LogP contribution in [0.2, 0.25) is 0 Å². The molecule has 0 unspecified atom stereocenters. The average molecular weight is 379 g/mol. The van der Waals surface area contributed by atoms with Crippen LogP contribution in [-0.2, 0) is 13.0 Å². The number of ether oxygens (including phenoxy) is 1. The predicted octanol–water partition coefficient (Wildman–Crippen LogP) is 4.68. The van der Waals surface area contributed by atoms with Gasteiger partial charge in [0.25, 0.3) is 5.91 Å². The molecule has 3 aromatic rings. The Hall–Kier alpha value is -3.15. The molecule has 4 rings (SSSR count). The SMILES string of the molecule is COc1cccc(NC(=O)c2nc(-c3cccc(F)c3)n3c2CCCCC3)c1. The van der Waals surface area contributed by atoms with E-state index in [1.165, 1.54) is 12.1 Å². The van der Waals surface area contributed by atoms with Gasteiger partial charge in [-0.2, -0.15) is 0 Å². The number of benzene rings is 2. The van der Waals surface area contributed by atoms with E-state index in [-0.39, 0.29) is 11.7 Å². The Morgan fingerprint density at radius 3 is 2.82 bits per heavy atom. The molecule has 0 saturated carbocycles. The van der Waals surface area contributed by atoms with Gasteiger partial charge in [0.2, 0.25) is 0 Å². The van der Waals surface area contributed by atoms with E-state index in [0.717, 1.165) is 37.9 Å². The van der Waals surface area contributed by atoms with Crippen LogP contribution in [0.15, 0.2) is 48.5 Å². The Kier molecular flexibility index (Phi) is 5.10. The fraction of sp³-hybridized carbons (Fsp3) is 0.273. The average Bonchev–Trinajstić information content (AvgIpc) is 2.89. The topological polar surface area (TPSA) is 56.1 Å². The highest BCUT2D eigenvalue weighted by Gasteiger charge is 2.24. The molecule has 0 fully saturated rings. The Morgan fingerprint density at radius 2 is 2.00 bits per heavy atom. The van der Waals surface area contributed by atoms with Crippen molar-refractivity contribution < 1.29 is 13.9 Å². The number of carbonyl (C=O) groups excluding carboxylic acids is 1. The van der Waals surface area contributed by atoms with Gasteiger partial charge < -0.3 is 14.6 Å². The van der Waals surface area contributed by atoms with Crippen molar-refractivity contribution in [3.8, 4) is 17.1 Å². The van der Waals surface area contributed by atoms with Crippen LogP contribution in [0, 0.1) is 5.82 Å². The molecule has 6 heteroatoms. The van der Waals surface area contributed by atoms with Gasteiger partial charge in [-0.05, 0) is 43.5 Å². The van der Waals surface area contributed by atoms with Crippen LogP contribution in [0.25, 0.3) is 11.4 Å². The normalized spacial score (nSPS) is 13.5. The molecule has 1 aliphatic heterocycles. The van der Waals surface area contributed by atoms with E-state index in [2.05, 4.69) is 14.9 Å². The van der Waals surface area contributed by atoms with Gasteiger partial charge in [0.05, 0.1) is 12.8 Å². The summed E-state index contributed by atoms with van der Waals surface area (Å²) in [4.78, 5) is 17.6. The van der Waals surface area contributed by atoms with E-state index >= 15 is 0 Å². The Bertz CT molecular complexity index is 1010. The zero-order valence-electron chi connectivity index (χ0n) is 15.7. The first-order valence-electron chi connectivity index (χ1n) is 9.46. The summed E-state index contributed by atoms with van der Waals surface area (Å²) in [6.45, 7) is 0.778. The minimum absolute atomic E-state index is 0.262. The van der Waals surface area contributed by atoms with Gasteiger partial charge in [-0.25, -0.2) is 9.37 Å². The van der Waals surface area contributed by atoms with Crippen molar-refractivity contribution in [3.63, 3.8) is 0 Å². The third-order valence-corrected chi connectivity index (χ3v) is 4.99. The number of imidazole rings is 1. The lowest BCUT2D eigenvalue weighted by Gasteiger charge is -2.09. The number of rotatable bonds is 4.